The second-order valence-electron chi connectivity index (χ2n) is 5.65. The van der Waals surface area contributed by atoms with Crippen molar-refractivity contribution in [2.45, 2.75) is 51.0 Å². The summed E-state index contributed by atoms with van der Waals surface area (Å²) in [5.41, 5.74) is 0. The van der Waals surface area contributed by atoms with Crippen molar-refractivity contribution in [3.63, 3.8) is 0 Å². The van der Waals surface area contributed by atoms with Crippen molar-refractivity contribution in [1.82, 2.24) is 10.2 Å². The summed E-state index contributed by atoms with van der Waals surface area (Å²) < 4.78 is 0. The molecule has 0 aromatic carbocycles. The standard InChI is InChI=1S/C14H26N2O2/c17-10-6-13-3-1-2-9-16(13)14(18)11-12-4-7-15-8-5-12/h12-13,15,17H,1-11H2. The van der Waals surface area contributed by atoms with Crippen LogP contribution < -0.4 is 5.32 Å². The smallest absolute Gasteiger partial charge is 0.223 e. The van der Waals surface area contributed by atoms with Gasteiger partial charge in [0.2, 0.25) is 5.91 Å². The fraction of sp³-hybridized carbons (Fsp3) is 0.929. The SMILES string of the molecule is O=C(CC1CCNCC1)N1CCCCC1CCO. The maximum atomic E-state index is 12.4. The maximum absolute atomic E-state index is 12.4. The molecule has 2 heterocycles. The molecular formula is C14H26N2O2. The third-order valence-corrected chi connectivity index (χ3v) is 4.33. The number of carbonyl (C=O) groups excluding carboxylic acids is 1. The van der Waals surface area contributed by atoms with Gasteiger partial charge in [0, 0.05) is 25.6 Å². The highest BCUT2D eigenvalue weighted by atomic mass is 16.3. The average Bonchev–Trinajstić information content (AvgIpc) is 2.41. The second kappa shape index (κ2) is 7.10. The normalized spacial score (nSPS) is 26.3. The zero-order chi connectivity index (χ0) is 12.8. The van der Waals surface area contributed by atoms with E-state index in [0.29, 0.717) is 18.2 Å². The van der Waals surface area contributed by atoms with Crippen molar-refractivity contribution < 1.29 is 9.90 Å². The van der Waals surface area contributed by atoms with Crippen LogP contribution in [0.3, 0.4) is 0 Å². The first-order valence-electron chi connectivity index (χ1n) is 7.42. The number of rotatable bonds is 4. The Morgan fingerprint density at radius 1 is 1.22 bits per heavy atom. The van der Waals surface area contributed by atoms with Crippen molar-refractivity contribution in [3.8, 4) is 0 Å². The van der Waals surface area contributed by atoms with Crippen molar-refractivity contribution in [1.29, 1.82) is 0 Å². The Morgan fingerprint density at radius 2 is 2.00 bits per heavy atom. The number of nitrogens with one attached hydrogen (secondary N) is 1. The van der Waals surface area contributed by atoms with E-state index in [1.807, 2.05) is 4.90 Å². The molecule has 1 unspecified atom stereocenters. The molecule has 0 aromatic heterocycles. The van der Waals surface area contributed by atoms with Gasteiger partial charge in [-0.2, -0.15) is 0 Å². The van der Waals surface area contributed by atoms with E-state index in [4.69, 9.17) is 5.11 Å². The zero-order valence-corrected chi connectivity index (χ0v) is 11.2. The number of nitrogens with zero attached hydrogens (tertiary/aromatic N) is 1. The van der Waals surface area contributed by atoms with Gasteiger partial charge in [-0.25, -0.2) is 0 Å². The summed E-state index contributed by atoms with van der Waals surface area (Å²) >= 11 is 0. The molecule has 18 heavy (non-hydrogen) atoms. The Morgan fingerprint density at radius 3 is 2.72 bits per heavy atom. The first kappa shape index (κ1) is 13.8. The monoisotopic (exact) mass is 254 g/mol. The summed E-state index contributed by atoms with van der Waals surface area (Å²) in [6, 6.07) is 0.290. The highest BCUT2D eigenvalue weighted by Gasteiger charge is 2.28. The summed E-state index contributed by atoms with van der Waals surface area (Å²) in [4.78, 5) is 14.4. The summed E-state index contributed by atoms with van der Waals surface area (Å²) in [5, 5.41) is 12.4. The number of likely N-dealkylation sites (tertiary alicyclic amines) is 1. The van der Waals surface area contributed by atoms with Gasteiger partial charge in [0.25, 0.3) is 0 Å². The molecule has 0 saturated carbocycles. The van der Waals surface area contributed by atoms with E-state index in [-0.39, 0.29) is 12.6 Å². The molecule has 1 amide bonds. The molecule has 0 aromatic rings. The molecule has 4 nitrogen and oxygen atoms in total. The second-order valence-corrected chi connectivity index (χ2v) is 5.65. The van der Waals surface area contributed by atoms with Gasteiger partial charge >= 0.3 is 0 Å². The van der Waals surface area contributed by atoms with E-state index < -0.39 is 0 Å². The lowest BCUT2D eigenvalue weighted by Gasteiger charge is -2.37. The lowest BCUT2D eigenvalue weighted by Crippen LogP contribution is -2.45. The van der Waals surface area contributed by atoms with Crippen LogP contribution in [-0.2, 0) is 4.79 Å². The quantitative estimate of drug-likeness (QED) is 0.791. The Kier molecular flexibility index (Phi) is 5.45. The summed E-state index contributed by atoms with van der Waals surface area (Å²) in [5.74, 6) is 0.885. The Balaban J connectivity index is 1.84. The third kappa shape index (κ3) is 3.69. The lowest BCUT2D eigenvalue weighted by molar-refractivity contribution is -0.136. The van der Waals surface area contributed by atoms with Crippen LogP contribution in [-0.4, -0.2) is 48.2 Å². The molecule has 2 aliphatic rings. The lowest BCUT2D eigenvalue weighted by atomic mass is 9.92. The van der Waals surface area contributed by atoms with Crippen molar-refractivity contribution in [3.05, 3.63) is 0 Å². The van der Waals surface area contributed by atoms with Crippen LogP contribution in [0.2, 0.25) is 0 Å². The molecule has 2 saturated heterocycles. The highest BCUT2D eigenvalue weighted by Crippen LogP contribution is 2.23. The van der Waals surface area contributed by atoms with Crippen LogP contribution >= 0.6 is 0 Å². The summed E-state index contributed by atoms with van der Waals surface area (Å²) in [7, 11) is 0. The van der Waals surface area contributed by atoms with Gasteiger partial charge < -0.3 is 15.3 Å². The predicted octanol–water partition coefficient (Wildman–Crippen LogP) is 1.14. The van der Waals surface area contributed by atoms with Crippen molar-refractivity contribution >= 4 is 5.91 Å². The van der Waals surface area contributed by atoms with Crippen LogP contribution in [0.1, 0.15) is 44.9 Å². The number of hydrogen-bond donors (Lipinski definition) is 2. The van der Waals surface area contributed by atoms with E-state index >= 15 is 0 Å². The topological polar surface area (TPSA) is 52.6 Å². The van der Waals surface area contributed by atoms with Gasteiger partial charge in [-0.1, -0.05) is 0 Å². The molecule has 2 N–H and O–H groups in total. The van der Waals surface area contributed by atoms with E-state index in [0.717, 1.165) is 51.7 Å². The fourth-order valence-corrected chi connectivity index (χ4v) is 3.23. The zero-order valence-electron chi connectivity index (χ0n) is 11.2. The summed E-state index contributed by atoms with van der Waals surface area (Å²) in [6.45, 7) is 3.20. The maximum Gasteiger partial charge on any atom is 0.223 e. The van der Waals surface area contributed by atoms with Gasteiger partial charge in [-0.15, -0.1) is 0 Å². The van der Waals surface area contributed by atoms with Crippen molar-refractivity contribution in [2.75, 3.05) is 26.2 Å². The first-order chi connectivity index (χ1) is 8.81. The van der Waals surface area contributed by atoms with E-state index in [1.165, 1.54) is 6.42 Å². The van der Waals surface area contributed by atoms with Gasteiger partial charge in [0.1, 0.15) is 0 Å². The molecule has 2 fully saturated rings. The number of piperidine rings is 2. The van der Waals surface area contributed by atoms with E-state index in [1.54, 1.807) is 0 Å². The first-order valence-corrected chi connectivity index (χ1v) is 7.42. The minimum Gasteiger partial charge on any atom is -0.396 e. The molecule has 0 radical (unpaired) electrons. The van der Waals surface area contributed by atoms with E-state index in [2.05, 4.69) is 5.32 Å². The fourth-order valence-electron chi connectivity index (χ4n) is 3.23. The van der Waals surface area contributed by atoms with Crippen molar-refractivity contribution in [2.24, 2.45) is 5.92 Å². The summed E-state index contributed by atoms with van der Waals surface area (Å²) in [6.07, 6.45) is 7.11. The largest absolute Gasteiger partial charge is 0.396 e. The third-order valence-electron chi connectivity index (χ3n) is 4.33. The molecule has 0 spiro atoms. The van der Waals surface area contributed by atoms with Crippen LogP contribution in [0.5, 0.6) is 0 Å². The molecule has 2 aliphatic heterocycles. The van der Waals surface area contributed by atoms with Crippen LogP contribution in [0.25, 0.3) is 0 Å². The Bertz CT molecular complexity index is 263. The van der Waals surface area contributed by atoms with Gasteiger partial charge in [-0.3, -0.25) is 4.79 Å². The van der Waals surface area contributed by atoms with E-state index in [9.17, 15) is 4.79 Å². The molecule has 0 aliphatic carbocycles. The van der Waals surface area contributed by atoms with Gasteiger partial charge in [0.05, 0.1) is 0 Å². The molecular weight excluding hydrogens is 228 g/mol. The van der Waals surface area contributed by atoms with Gasteiger partial charge in [-0.05, 0) is 57.5 Å². The molecule has 1 atom stereocenters. The minimum absolute atomic E-state index is 0.196. The van der Waals surface area contributed by atoms with Gasteiger partial charge in [0.15, 0.2) is 0 Å². The Hall–Kier alpha value is -0.610. The molecule has 4 heteroatoms. The number of aliphatic hydroxyl groups excluding tert-OH is 1. The van der Waals surface area contributed by atoms with Crippen LogP contribution in [0.4, 0.5) is 0 Å². The number of aliphatic hydroxyl groups is 1. The average molecular weight is 254 g/mol. The number of carbonyl (C=O) groups is 1. The molecule has 2 rings (SSSR count). The molecule has 0 bridgehead atoms. The molecule has 104 valence electrons. The highest BCUT2D eigenvalue weighted by molar-refractivity contribution is 5.77. The minimum atomic E-state index is 0.196. The number of hydrogen-bond acceptors (Lipinski definition) is 3. The Labute approximate surface area is 110 Å². The predicted molar refractivity (Wildman–Crippen MR) is 71.3 cm³/mol. The number of amides is 1. The van der Waals surface area contributed by atoms with Crippen LogP contribution in [0, 0.1) is 5.92 Å². The van der Waals surface area contributed by atoms with Crippen LogP contribution in [0.15, 0.2) is 0 Å².